The van der Waals surface area contributed by atoms with Crippen molar-refractivity contribution in [2.24, 2.45) is 0 Å². The van der Waals surface area contributed by atoms with Crippen molar-refractivity contribution in [2.75, 3.05) is 5.32 Å². The van der Waals surface area contributed by atoms with Crippen LogP contribution in [-0.2, 0) is 6.54 Å². The second kappa shape index (κ2) is 4.89. The maximum atomic E-state index is 4.21. The fourth-order valence-corrected chi connectivity index (χ4v) is 1.52. The van der Waals surface area contributed by atoms with E-state index < -0.39 is 0 Å². The summed E-state index contributed by atoms with van der Waals surface area (Å²) in [7, 11) is 0. The molecule has 4 heteroatoms. The molecule has 0 bridgehead atoms. The van der Waals surface area contributed by atoms with Gasteiger partial charge in [0.15, 0.2) is 0 Å². The van der Waals surface area contributed by atoms with Gasteiger partial charge in [0.25, 0.3) is 0 Å². The largest absolute Gasteiger partial charge is 0.364 e. The third kappa shape index (κ3) is 3.02. The van der Waals surface area contributed by atoms with E-state index in [0.717, 1.165) is 16.0 Å². The van der Waals surface area contributed by atoms with Gasteiger partial charge in [0.05, 0.1) is 12.2 Å². The van der Waals surface area contributed by atoms with Crippen molar-refractivity contribution in [3.8, 4) is 0 Å². The average molecular weight is 264 g/mol. The van der Waals surface area contributed by atoms with E-state index in [2.05, 4.69) is 31.2 Å². The molecule has 0 unspecified atom stereocenters. The topological polar surface area (TPSA) is 37.8 Å². The minimum Gasteiger partial charge on any atom is -0.364 e. The highest BCUT2D eigenvalue weighted by Crippen LogP contribution is 2.13. The Morgan fingerprint density at radius 2 is 2.07 bits per heavy atom. The van der Waals surface area contributed by atoms with Gasteiger partial charge in [-0.25, -0.2) is 4.98 Å². The van der Waals surface area contributed by atoms with Crippen molar-refractivity contribution in [3.63, 3.8) is 0 Å². The Hall–Kier alpha value is -1.42. The Labute approximate surface area is 96.7 Å². The van der Waals surface area contributed by atoms with Crippen molar-refractivity contribution in [3.05, 3.63) is 52.9 Å². The summed E-state index contributed by atoms with van der Waals surface area (Å²) in [6, 6.07) is 9.68. The molecular formula is C11H10BrN3. The second-order valence-corrected chi connectivity index (χ2v) is 3.95. The van der Waals surface area contributed by atoms with Gasteiger partial charge in [-0.15, -0.1) is 0 Å². The molecule has 0 radical (unpaired) electrons. The Kier molecular flexibility index (Phi) is 3.29. The molecular weight excluding hydrogens is 254 g/mol. The molecule has 2 heterocycles. The molecule has 3 nitrogen and oxygen atoms in total. The van der Waals surface area contributed by atoms with Gasteiger partial charge in [-0.3, -0.25) is 4.98 Å². The number of aromatic nitrogens is 2. The number of pyridine rings is 2. The monoisotopic (exact) mass is 263 g/mol. The van der Waals surface area contributed by atoms with Crippen molar-refractivity contribution in [1.29, 1.82) is 0 Å². The maximum absolute atomic E-state index is 4.21. The molecule has 0 saturated carbocycles. The molecule has 1 N–H and O–H groups in total. The summed E-state index contributed by atoms with van der Waals surface area (Å²) in [5.74, 6) is 0.843. The standard InChI is InChI=1S/C11H10BrN3/c12-9-4-6-14-11(7-9)15-8-10-3-1-2-5-13-10/h1-7H,8H2,(H,14,15). The molecule has 0 aliphatic carbocycles. The lowest BCUT2D eigenvalue weighted by atomic mass is 10.3. The van der Waals surface area contributed by atoms with E-state index in [1.54, 1.807) is 12.4 Å². The van der Waals surface area contributed by atoms with Gasteiger partial charge in [0.1, 0.15) is 5.82 Å². The van der Waals surface area contributed by atoms with Crippen LogP contribution in [0.4, 0.5) is 5.82 Å². The molecule has 0 amide bonds. The van der Waals surface area contributed by atoms with Crippen LogP contribution in [0.3, 0.4) is 0 Å². The predicted octanol–water partition coefficient (Wildman–Crippen LogP) is 2.85. The zero-order chi connectivity index (χ0) is 10.5. The van der Waals surface area contributed by atoms with Gasteiger partial charge in [0, 0.05) is 16.9 Å². The average Bonchev–Trinajstić information content (AvgIpc) is 2.28. The lowest BCUT2D eigenvalue weighted by molar-refractivity contribution is 1.03. The third-order valence-corrected chi connectivity index (χ3v) is 2.39. The summed E-state index contributed by atoms with van der Waals surface area (Å²) < 4.78 is 1.01. The van der Waals surface area contributed by atoms with Gasteiger partial charge >= 0.3 is 0 Å². The van der Waals surface area contributed by atoms with Gasteiger partial charge in [-0.2, -0.15) is 0 Å². The summed E-state index contributed by atoms with van der Waals surface area (Å²) in [6.45, 7) is 0.685. The number of halogens is 1. The van der Waals surface area contributed by atoms with Crippen LogP contribution < -0.4 is 5.32 Å². The van der Waals surface area contributed by atoms with Crippen LogP contribution in [0.5, 0.6) is 0 Å². The first-order valence-corrected chi connectivity index (χ1v) is 5.39. The Morgan fingerprint density at radius 3 is 2.80 bits per heavy atom. The normalized spacial score (nSPS) is 9.93. The Balaban J connectivity index is 1.99. The van der Waals surface area contributed by atoms with Crippen molar-refractivity contribution >= 4 is 21.7 Å². The van der Waals surface area contributed by atoms with Crippen LogP contribution in [0.2, 0.25) is 0 Å². The Bertz CT molecular complexity index is 431. The number of hydrogen-bond donors (Lipinski definition) is 1. The maximum Gasteiger partial charge on any atom is 0.127 e. The van der Waals surface area contributed by atoms with Crippen molar-refractivity contribution in [1.82, 2.24) is 9.97 Å². The first kappa shape index (κ1) is 10.1. The quantitative estimate of drug-likeness (QED) is 0.926. The zero-order valence-corrected chi connectivity index (χ0v) is 9.61. The zero-order valence-electron chi connectivity index (χ0n) is 8.02. The van der Waals surface area contributed by atoms with E-state index in [9.17, 15) is 0 Å². The molecule has 0 aromatic carbocycles. The molecule has 0 saturated heterocycles. The molecule has 0 aliphatic heterocycles. The lowest BCUT2D eigenvalue weighted by Crippen LogP contribution is -2.02. The summed E-state index contributed by atoms with van der Waals surface area (Å²) in [6.07, 6.45) is 3.54. The van der Waals surface area contributed by atoms with Crippen LogP contribution in [0, 0.1) is 0 Å². The molecule has 2 aromatic rings. The summed E-state index contributed by atoms with van der Waals surface area (Å²) in [5, 5.41) is 3.20. The highest BCUT2D eigenvalue weighted by molar-refractivity contribution is 9.10. The number of hydrogen-bond acceptors (Lipinski definition) is 3. The van der Waals surface area contributed by atoms with E-state index >= 15 is 0 Å². The first-order valence-electron chi connectivity index (χ1n) is 4.60. The highest BCUT2D eigenvalue weighted by Gasteiger charge is 1.95. The van der Waals surface area contributed by atoms with Crippen LogP contribution in [0.25, 0.3) is 0 Å². The molecule has 0 spiro atoms. The number of anilines is 1. The summed E-state index contributed by atoms with van der Waals surface area (Å²) in [5.41, 5.74) is 0.999. The van der Waals surface area contributed by atoms with Crippen LogP contribution >= 0.6 is 15.9 Å². The van der Waals surface area contributed by atoms with Gasteiger partial charge in [-0.1, -0.05) is 22.0 Å². The number of nitrogens with zero attached hydrogens (tertiary/aromatic N) is 2. The second-order valence-electron chi connectivity index (χ2n) is 3.03. The molecule has 0 atom stereocenters. The van der Waals surface area contributed by atoms with Gasteiger partial charge in [-0.05, 0) is 24.3 Å². The Morgan fingerprint density at radius 1 is 1.13 bits per heavy atom. The van der Waals surface area contributed by atoms with Gasteiger partial charge < -0.3 is 5.32 Å². The fourth-order valence-electron chi connectivity index (χ4n) is 1.19. The SMILES string of the molecule is Brc1ccnc(NCc2ccccn2)c1. The fraction of sp³-hybridized carbons (Fsp3) is 0.0909. The van der Waals surface area contributed by atoms with E-state index in [-0.39, 0.29) is 0 Å². The third-order valence-electron chi connectivity index (χ3n) is 1.90. The molecule has 2 rings (SSSR count). The minimum atomic E-state index is 0.685. The van der Waals surface area contributed by atoms with Gasteiger partial charge in [0.2, 0.25) is 0 Å². The number of rotatable bonds is 3. The summed E-state index contributed by atoms with van der Waals surface area (Å²) in [4.78, 5) is 8.40. The molecule has 15 heavy (non-hydrogen) atoms. The smallest absolute Gasteiger partial charge is 0.127 e. The minimum absolute atomic E-state index is 0.685. The van der Waals surface area contributed by atoms with Crippen LogP contribution in [0.15, 0.2) is 47.2 Å². The van der Waals surface area contributed by atoms with Crippen molar-refractivity contribution in [2.45, 2.75) is 6.54 Å². The van der Waals surface area contributed by atoms with E-state index in [4.69, 9.17) is 0 Å². The predicted molar refractivity (Wildman–Crippen MR) is 63.5 cm³/mol. The van der Waals surface area contributed by atoms with E-state index in [1.165, 1.54) is 0 Å². The molecule has 76 valence electrons. The molecule has 2 aromatic heterocycles. The van der Waals surface area contributed by atoms with E-state index in [0.29, 0.717) is 6.54 Å². The number of nitrogens with one attached hydrogen (secondary N) is 1. The molecule has 0 aliphatic rings. The highest BCUT2D eigenvalue weighted by atomic mass is 79.9. The first-order chi connectivity index (χ1) is 7.34. The van der Waals surface area contributed by atoms with E-state index in [1.807, 2.05) is 30.3 Å². The van der Waals surface area contributed by atoms with Crippen LogP contribution in [-0.4, -0.2) is 9.97 Å². The lowest BCUT2D eigenvalue weighted by Gasteiger charge is -2.04. The van der Waals surface area contributed by atoms with Crippen LogP contribution in [0.1, 0.15) is 5.69 Å². The molecule has 0 fully saturated rings. The van der Waals surface area contributed by atoms with Crippen molar-refractivity contribution < 1.29 is 0 Å². The summed E-state index contributed by atoms with van der Waals surface area (Å²) >= 11 is 3.39.